The molecule has 0 aromatic carbocycles. The van der Waals surface area contributed by atoms with Gasteiger partial charge in [0.25, 0.3) is 0 Å². The van der Waals surface area contributed by atoms with Crippen LogP contribution in [0.5, 0.6) is 0 Å². The molecule has 0 aliphatic rings. The molecule has 0 saturated heterocycles. The number of rotatable bonds is 0. The normalized spacial score (nSPS) is 10.3. The van der Waals surface area contributed by atoms with Gasteiger partial charge in [0.15, 0.2) is 0 Å². The van der Waals surface area contributed by atoms with Crippen LogP contribution in [0, 0.1) is 0 Å². The Labute approximate surface area is 57.5 Å². The molecule has 0 bridgehead atoms. The minimum Gasteiger partial charge on any atom is -1.00 e. The van der Waals surface area contributed by atoms with E-state index in [9.17, 15) is 0 Å². The summed E-state index contributed by atoms with van der Waals surface area (Å²) < 4.78 is 0. The summed E-state index contributed by atoms with van der Waals surface area (Å²) >= 11 is 0. The fourth-order valence-corrected chi connectivity index (χ4v) is 0. The summed E-state index contributed by atoms with van der Waals surface area (Å²) in [6.07, 6.45) is 0. The molecular weight excluding hydrogens is 87.0 g/mol. The average Bonchev–Trinajstić information content (AvgIpc) is 1.35. The van der Waals surface area contributed by atoms with Gasteiger partial charge in [-0.05, 0) is 20.8 Å². The topological polar surface area (TPSA) is 29.5 Å². The monoisotopic (exact) mass is 98.1 g/mol. The van der Waals surface area contributed by atoms with Crippen LogP contribution in [-0.2, 0) is 4.89 Å². The van der Waals surface area contributed by atoms with Crippen LogP contribution in [0.2, 0.25) is 0 Å². The molecule has 0 atom stereocenters. The summed E-state index contributed by atoms with van der Waals surface area (Å²) in [5.41, 5.74) is -0.403. The summed E-state index contributed by atoms with van der Waals surface area (Å²) in [6, 6.07) is 0. The molecule has 40 valence electrons. The van der Waals surface area contributed by atoms with Crippen LogP contribution < -0.4 is 18.9 Å². The summed E-state index contributed by atoms with van der Waals surface area (Å²) in [5, 5.41) is 7.90. The first-order valence-electron chi connectivity index (χ1n) is 1.89. The predicted octanol–water partition coefficient (Wildman–Crippen LogP) is -1.61. The van der Waals surface area contributed by atoms with Gasteiger partial charge in [0.2, 0.25) is 0 Å². The van der Waals surface area contributed by atoms with E-state index in [0.717, 1.165) is 0 Å². The Hall–Kier alpha value is 0.517. The van der Waals surface area contributed by atoms with E-state index in [2.05, 4.69) is 4.89 Å². The van der Waals surface area contributed by atoms with Crippen molar-refractivity contribution in [3.63, 3.8) is 0 Å². The van der Waals surface area contributed by atoms with Crippen molar-refractivity contribution in [2.75, 3.05) is 0 Å². The van der Waals surface area contributed by atoms with E-state index < -0.39 is 5.60 Å². The summed E-state index contributed by atoms with van der Waals surface area (Å²) in [4.78, 5) is 3.94. The van der Waals surface area contributed by atoms with Crippen molar-refractivity contribution in [3.05, 3.63) is 0 Å². The molecular formula is C4H11LiO2. The standard InChI is InChI=1S/C4H10O2.Li.H/c1-4(2,3)6-5;;/h5H,1-3H3;;/q;+1;-1. The molecule has 0 aromatic heterocycles. The molecule has 0 aliphatic carbocycles. The molecule has 0 aromatic rings. The quantitative estimate of drug-likeness (QED) is 0.224. The first-order chi connectivity index (χ1) is 2.56. The number of hydrogen-bond acceptors (Lipinski definition) is 2. The maximum Gasteiger partial charge on any atom is 1.00 e. The van der Waals surface area contributed by atoms with Crippen molar-refractivity contribution >= 4 is 0 Å². The van der Waals surface area contributed by atoms with E-state index in [1.54, 1.807) is 20.8 Å². The average molecular weight is 98.1 g/mol. The summed E-state index contributed by atoms with van der Waals surface area (Å²) in [7, 11) is 0. The SMILES string of the molecule is CC(C)(C)OO.[H-].[Li+]. The second-order valence-corrected chi connectivity index (χ2v) is 2.20. The van der Waals surface area contributed by atoms with Crippen LogP contribution in [0.25, 0.3) is 0 Å². The molecule has 0 unspecified atom stereocenters. The van der Waals surface area contributed by atoms with Crippen LogP contribution in [0.3, 0.4) is 0 Å². The van der Waals surface area contributed by atoms with Gasteiger partial charge in [-0.3, -0.25) is 5.26 Å². The zero-order chi connectivity index (χ0) is 5.21. The molecule has 0 radical (unpaired) electrons. The Morgan fingerprint density at radius 3 is 1.57 bits per heavy atom. The second kappa shape index (κ2) is 3.51. The molecule has 0 spiro atoms. The van der Waals surface area contributed by atoms with Crippen molar-refractivity contribution in [2.24, 2.45) is 0 Å². The van der Waals surface area contributed by atoms with E-state index in [4.69, 9.17) is 5.26 Å². The van der Waals surface area contributed by atoms with Crippen LogP contribution in [0.4, 0.5) is 0 Å². The van der Waals surface area contributed by atoms with Crippen molar-refractivity contribution < 1.29 is 30.4 Å². The molecule has 0 fully saturated rings. The smallest absolute Gasteiger partial charge is 1.00 e. The van der Waals surface area contributed by atoms with E-state index in [1.165, 1.54) is 0 Å². The van der Waals surface area contributed by atoms with Gasteiger partial charge in [-0.1, -0.05) is 0 Å². The largest absolute Gasteiger partial charge is 1.00 e. The van der Waals surface area contributed by atoms with Gasteiger partial charge in [0.1, 0.15) is 0 Å². The van der Waals surface area contributed by atoms with Crippen molar-refractivity contribution in [2.45, 2.75) is 26.4 Å². The van der Waals surface area contributed by atoms with Gasteiger partial charge >= 0.3 is 18.9 Å². The Balaban J connectivity index is -0.000000125. The predicted molar refractivity (Wildman–Crippen MR) is 24.6 cm³/mol. The maximum absolute atomic E-state index is 7.90. The first kappa shape index (κ1) is 10.5. The zero-order valence-corrected chi connectivity index (χ0v) is 5.36. The summed E-state index contributed by atoms with van der Waals surface area (Å²) in [5.74, 6) is 0. The molecule has 7 heavy (non-hydrogen) atoms. The molecule has 3 heteroatoms. The van der Waals surface area contributed by atoms with E-state index >= 15 is 0 Å². The third-order valence-corrected chi connectivity index (χ3v) is 0.274. The third-order valence-electron chi connectivity index (χ3n) is 0.274. The molecule has 1 N–H and O–H groups in total. The van der Waals surface area contributed by atoms with Gasteiger partial charge in [0.05, 0.1) is 5.60 Å². The minimum absolute atomic E-state index is 0. The van der Waals surface area contributed by atoms with E-state index in [-0.39, 0.29) is 20.3 Å². The van der Waals surface area contributed by atoms with Gasteiger partial charge in [-0.2, -0.15) is 0 Å². The second-order valence-electron chi connectivity index (χ2n) is 2.20. The van der Waals surface area contributed by atoms with Crippen LogP contribution in [0.15, 0.2) is 0 Å². The molecule has 2 nitrogen and oxygen atoms in total. The Kier molecular flexibility index (Phi) is 5.26. The zero-order valence-electron chi connectivity index (χ0n) is 6.36. The maximum atomic E-state index is 7.90. The molecule has 0 saturated carbocycles. The molecule has 0 rings (SSSR count). The van der Waals surface area contributed by atoms with E-state index in [1.807, 2.05) is 0 Å². The van der Waals surface area contributed by atoms with Crippen LogP contribution >= 0.6 is 0 Å². The molecule has 0 aliphatic heterocycles. The third kappa shape index (κ3) is 10.7. The summed E-state index contributed by atoms with van der Waals surface area (Å²) in [6.45, 7) is 5.31. The van der Waals surface area contributed by atoms with Crippen molar-refractivity contribution in [1.29, 1.82) is 0 Å². The van der Waals surface area contributed by atoms with Crippen LogP contribution in [0.1, 0.15) is 22.2 Å². The van der Waals surface area contributed by atoms with Gasteiger partial charge in [-0.25, -0.2) is 4.89 Å². The molecule has 0 amide bonds. The molecule has 0 heterocycles. The van der Waals surface area contributed by atoms with E-state index in [0.29, 0.717) is 0 Å². The van der Waals surface area contributed by atoms with Crippen LogP contribution in [-0.4, -0.2) is 10.9 Å². The Morgan fingerprint density at radius 1 is 1.43 bits per heavy atom. The van der Waals surface area contributed by atoms with Gasteiger partial charge < -0.3 is 1.43 Å². The Bertz CT molecular complexity index is 43.8. The van der Waals surface area contributed by atoms with Crippen molar-refractivity contribution in [1.82, 2.24) is 0 Å². The number of hydrogen-bond donors (Lipinski definition) is 1. The fraction of sp³-hybridized carbons (Fsp3) is 1.00. The van der Waals surface area contributed by atoms with Gasteiger partial charge in [0, 0.05) is 0 Å². The van der Waals surface area contributed by atoms with Crippen molar-refractivity contribution in [3.8, 4) is 0 Å². The first-order valence-corrected chi connectivity index (χ1v) is 1.89. The fourth-order valence-electron chi connectivity index (χ4n) is 0. The minimum atomic E-state index is -0.403. The Morgan fingerprint density at radius 2 is 1.57 bits per heavy atom. The van der Waals surface area contributed by atoms with Gasteiger partial charge in [-0.15, -0.1) is 0 Å².